The summed E-state index contributed by atoms with van der Waals surface area (Å²) in [6, 6.07) is 0. The summed E-state index contributed by atoms with van der Waals surface area (Å²) in [6.45, 7) is 9.09. The lowest BCUT2D eigenvalue weighted by Gasteiger charge is -2.25. The molecule has 0 heterocycles. The molecule has 0 aliphatic heterocycles. The Bertz CT molecular complexity index is 278. The highest BCUT2D eigenvalue weighted by Gasteiger charge is 2.15. The first kappa shape index (κ1) is 18.9. The van der Waals surface area contributed by atoms with Gasteiger partial charge in [-0.15, -0.1) is 0 Å². The molecule has 0 rings (SSSR count). The summed E-state index contributed by atoms with van der Waals surface area (Å²) < 4.78 is 0. The molecule has 0 unspecified atom stereocenters. The van der Waals surface area contributed by atoms with Gasteiger partial charge in [0.1, 0.15) is 0 Å². The Labute approximate surface area is 122 Å². The quantitative estimate of drug-likeness (QED) is 0.559. The zero-order chi connectivity index (χ0) is 15.4. The van der Waals surface area contributed by atoms with Crippen molar-refractivity contribution < 1.29 is 14.7 Å². The number of aliphatic carboxylic acids is 1. The molecular formula is C15H30N2O3. The molecule has 0 aromatic rings. The lowest BCUT2D eigenvalue weighted by Crippen LogP contribution is -2.41. The van der Waals surface area contributed by atoms with Crippen LogP contribution in [-0.2, 0) is 9.59 Å². The van der Waals surface area contributed by atoms with Gasteiger partial charge in [-0.2, -0.15) is 0 Å². The molecule has 1 N–H and O–H groups in total. The Morgan fingerprint density at radius 1 is 0.950 bits per heavy atom. The summed E-state index contributed by atoms with van der Waals surface area (Å²) in [4.78, 5) is 26.5. The molecule has 5 nitrogen and oxygen atoms in total. The summed E-state index contributed by atoms with van der Waals surface area (Å²) in [5, 5.41) is 8.79. The Balaban J connectivity index is 4.27. The van der Waals surface area contributed by atoms with Gasteiger partial charge in [-0.05, 0) is 26.8 Å². The molecule has 0 saturated heterocycles. The van der Waals surface area contributed by atoms with E-state index in [2.05, 4.69) is 6.92 Å². The molecule has 0 radical (unpaired) electrons. The second kappa shape index (κ2) is 11.7. The minimum absolute atomic E-state index is 0.0934. The maximum atomic E-state index is 12.1. The third kappa shape index (κ3) is 8.91. The number of carboxylic acids is 1. The van der Waals surface area contributed by atoms with E-state index in [1.807, 2.05) is 18.7 Å². The van der Waals surface area contributed by atoms with Crippen molar-refractivity contribution in [2.24, 2.45) is 0 Å². The van der Waals surface area contributed by atoms with Crippen molar-refractivity contribution in [2.75, 3.05) is 32.7 Å². The predicted molar refractivity (Wildman–Crippen MR) is 80.8 cm³/mol. The standard InChI is InChI=1S/C15H30N2O3/c1-4-7-8-9-11-16(12-10-15(19)20)13-14(18)17(5-2)6-3/h4-13H2,1-3H3,(H,19,20). The highest BCUT2D eigenvalue weighted by atomic mass is 16.4. The van der Waals surface area contributed by atoms with E-state index in [1.165, 1.54) is 12.8 Å². The second-order valence-electron chi connectivity index (χ2n) is 5.05. The summed E-state index contributed by atoms with van der Waals surface area (Å²) in [7, 11) is 0. The first-order valence-corrected chi connectivity index (χ1v) is 7.77. The van der Waals surface area contributed by atoms with E-state index in [0.29, 0.717) is 26.2 Å². The van der Waals surface area contributed by atoms with Crippen molar-refractivity contribution in [3.8, 4) is 0 Å². The number of carbonyl (C=O) groups is 2. The van der Waals surface area contributed by atoms with E-state index >= 15 is 0 Å². The van der Waals surface area contributed by atoms with Gasteiger partial charge in [-0.3, -0.25) is 14.5 Å². The number of likely N-dealkylation sites (N-methyl/N-ethyl adjacent to an activating group) is 1. The Kier molecular flexibility index (Phi) is 11.1. The largest absolute Gasteiger partial charge is 0.481 e. The van der Waals surface area contributed by atoms with Gasteiger partial charge in [0.2, 0.25) is 5.91 Å². The first-order valence-electron chi connectivity index (χ1n) is 7.77. The van der Waals surface area contributed by atoms with Crippen molar-refractivity contribution in [1.82, 2.24) is 9.80 Å². The van der Waals surface area contributed by atoms with Crippen LogP contribution in [0.1, 0.15) is 52.9 Å². The molecule has 1 amide bonds. The maximum Gasteiger partial charge on any atom is 0.304 e. The fourth-order valence-corrected chi connectivity index (χ4v) is 2.15. The highest BCUT2D eigenvalue weighted by Crippen LogP contribution is 2.03. The van der Waals surface area contributed by atoms with Crippen LogP contribution in [0.4, 0.5) is 0 Å². The van der Waals surface area contributed by atoms with Gasteiger partial charge in [-0.1, -0.05) is 26.2 Å². The van der Waals surface area contributed by atoms with E-state index in [9.17, 15) is 9.59 Å². The number of carbonyl (C=O) groups excluding carboxylic acids is 1. The molecule has 0 aliphatic rings. The average Bonchev–Trinajstić information content (AvgIpc) is 2.41. The number of rotatable bonds is 12. The molecule has 0 saturated carbocycles. The van der Waals surface area contributed by atoms with E-state index < -0.39 is 5.97 Å². The van der Waals surface area contributed by atoms with Crippen molar-refractivity contribution >= 4 is 11.9 Å². The summed E-state index contributed by atoms with van der Waals surface area (Å²) in [6.07, 6.45) is 4.63. The molecule has 0 atom stereocenters. The van der Waals surface area contributed by atoms with Crippen LogP contribution in [0, 0.1) is 0 Å². The number of hydrogen-bond donors (Lipinski definition) is 1. The smallest absolute Gasteiger partial charge is 0.304 e. The molecular weight excluding hydrogens is 256 g/mol. The van der Waals surface area contributed by atoms with Gasteiger partial charge >= 0.3 is 5.97 Å². The van der Waals surface area contributed by atoms with Crippen LogP contribution in [0.2, 0.25) is 0 Å². The van der Waals surface area contributed by atoms with Crippen LogP contribution in [-0.4, -0.2) is 59.5 Å². The molecule has 0 aromatic carbocycles. The van der Waals surface area contributed by atoms with Gasteiger partial charge in [0.25, 0.3) is 0 Å². The Morgan fingerprint density at radius 2 is 1.60 bits per heavy atom. The van der Waals surface area contributed by atoms with Crippen molar-refractivity contribution in [1.29, 1.82) is 0 Å². The van der Waals surface area contributed by atoms with Crippen LogP contribution >= 0.6 is 0 Å². The van der Waals surface area contributed by atoms with Crippen molar-refractivity contribution in [3.05, 3.63) is 0 Å². The number of amides is 1. The molecule has 0 bridgehead atoms. The van der Waals surface area contributed by atoms with Gasteiger partial charge in [0, 0.05) is 19.6 Å². The van der Waals surface area contributed by atoms with Gasteiger partial charge in [0.15, 0.2) is 0 Å². The number of carboxylic acid groups (broad SMARTS) is 1. The molecule has 0 fully saturated rings. The van der Waals surface area contributed by atoms with E-state index in [4.69, 9.17) is 5.11 Å². The second-order valence-corrected chi connectivity index (χ2v) is 5.05. The molecule has 5 heteroatoms. The SMILES string of the molecule is CCCCCCN(CCC(=O)O)CC(=O)N(CC)CC. The third-order valence-corrected chi connectivity index (χ3v) is 3.44. The van der Waals surface area contributed by atoms with Crippen LogP contribution in [0.25, 0.3) is 0 Å². The molecule has 0 spiro atoms. The van der Waals surface area contributed by atoms with Gasteiger partial charge in [0.05, 0.1) is 13.0 Å². The monoisotopic (exact) mass is 286 g/mol. The fraction of sp³-hybridized carbons (Fsp3) is 0.867. The molecule has 0 aliphatic carbocycles. The van der Waals surface area contributed by atoms with Crippen LogP contribution in [0.3, 0.4) is 0 Å². The number of hydrogen-bond acceptors (Lipinski definition) is 3. The van der Waals surface area contributed by atoms with Crippen molar-refractivity contribution in [2.45, 2.75) is 52.9 Å². The van der Waals surface area contributed by atoms with Gasteiger partial charge in [-0.25, -0.2) is 0 Å². The first-order chi connectivity index (χ1) is 9.54. The predicted octanol–water partition coefficient (Wildman–Crippen LogP) is 2.21. The molecule has 20 heavy (non-hydrogen) atoms. The topological polar surface area (TPSA) is 60.9 Å². The minimum atomic E-state index is -0.807. The van der Waals surface area contributed by atoms with Crippen LogP contribution in [0.15, 0.2) is 0 Å². The van der Waals surface area contributed by atoms with E-state index in [1.54, 1.807) is 4.90 Å². The summed E-state index contributed by atoms with van der Waals surface area (Å²) in [5.74, 6) is -0.713. The average molecular weight is 286 g/mol. The molecule has 118 valence electrons. The van der Waals surface area contributed by atoms with E-state index in [-0.39, 0.29) is 12.3 Å². The van der Waals surface area contributed by atoms with E-state index in [0.717, 1.165) is 19.4 Å². The minimum Gasteiger partial charge on any atom is -0.481 e. The van der Waals surface area contributed by atoms with Crippen LogP contribution < -0.4 is 0 Å². The molecule has 0 aromatic heterocycles. The Hall–Kier alpha value is -1.10. The lowest BCUT2D eigenvalue weighted by atomic mass is 10.2. The van der Waals surface area contributed by atoms with Crippen LogP contribution in [0.5, 0.6) is 0 Å². The maximum absolute atomic E-state index is 12.1. The third-order valence-electron chi connectivity index (χ3n) is 3.44. The fourth-order valence-electron chi connectivity index (χ4n) is 2.15. The lowest BCUT2D eigenvalue weighted by molar-refractivity contribution is -0.138. The van der Waals surface area contributed by atoms with Gasteiger partial charge < -0.3 is 10.0 Å². The summed E-state index contributed by atoms with van der Waals surface area (Å²) in [5.41, 5.74) is 0. The Morgan fingerprint density at radius 3 is 2.10 bits per heavy atom. The normalized spacial score (nSPS) is 10.8. The zero-order valence-electron chi connectivity index (χ0n) is 13.2. The number of unbranched alkanes of at least 4 members (excludes halogenated alkanes) is 3. The summed E-state index contributed by atoms with van der Waals surface area (Å²) >= 11 is 0. The van der Waals surface area contributed by atoms with Crippen molar-refractivity contribution in [3.63, 3.8) is 0 Å². The number of nitrogens with zero attached hydrogens (tertiary/aromatic N) is 2. The highest BCUT2D eigenvalue weighted by molar-refractivity contribution is 5.78. The zero-order valence-corrected chi connectivity index (χ0v) is 13.2.